The van der Waals surface area contributed by atoms with Crippen molar-refractivity contribution in [3.8, 4) is 0 Å². The average molecular weight is 363 g/mol. The molecule has 1 saturated carbocycles. The maximum atomic E-state index is 13.0. The van der Waals surface area contributed by atoms with Crippen LogP contribution in [0.3, 0.4) is 0 Å². The van der Waals surface area contributed by atoms with E-state index in [1.54, 1.807) is 11.0 Å². The van der Waals surface area contributed by atoms with E-state index in [2.05, 4.69) is 30.9 Å². The first-order chi connectivity index (χ1) is 12.3. The Balaban J connectivity index is 1.59. The summed E-state index contributed by atoms with van der Waals surface area (Å²) in [4.78, 5) is 18.9. The molecule has 6 heteroatoms. The molecule has 0 radical (unpaired) electrons. The van der Waals surface area contributed by atoms with Crippen molar-refractivity contribution >= 4 is 5.91 Å². The fourth-order valence-corrected chi connectivity index (χ4v) is 4.76. The van der Waals surface area contributed by atoms with Crippen LogP contribution in [0, 0.1) is 17.3 Å². The van der Waals surface area contributed by atoms with Gasteiger partial charge >= 0.3 is 0 Å². The van der Waals surface area contributed by atoms with Gasteiger partial charge in [-0.25, -0.2) is 4.98 Å². The van der Waals surface area contributed by atoms with E-state index in [-0.39, 0.29) is 11.8 Å². The molecule has 1 aromatic rings. The highest BCUT2D eigenvalue weighted by Gasteiger charge is 2.49. The highest BCUT2D eigenvalue weighted by atomic mass is 16.3. The summed E-state index contributed by atoms with van der Waals surface area (Å²) in [7, 11) is 0. The van der Waals surface area contributed by atoms with Crippen molar-refractivity contribution in [2.24, 2.45) is 17.3 Å². The van der Waals surface area contributed by atoms with Crippen molar-refractivity contribution in [2.45, 2.75) is 77.9 Å². The van der Waals surface area contributed by atoms with Crippen molar-refractivity contribution in [2.75, 3.05) is 13.1 Å². The number of nitrogens with zero attached hydrogens (tertiary/aromatic N) is 4. The number of carbonyl (C=O) groups excluding carboxylic acids is 1. The van der Waals surface area contributed by atoms with E-state index in [1.165, 1.54) is 38.4 Å². The van der Waals surface area contributed by atoms with Gasteiger partial charge in [0.2, 0.25) is 5.91 Å². The van der Waals surface area contributed by atoms with Crippen LogP contribution in [0.5, 0.6) is 0 Å². The third-order valence-corrected chi connectivity index (χ3v) is 6.68. The van der Waals surface area contributed by atoms with Crippen molar-refractivity contribution in [1.82, 2.24) is 19.7 Å². The fourth-order valence-electron chi connectivity index (χ4n) is 4.76. The van der Waals surface area contributed by atoms with Crippen LogP contribution in [0.15, 0.2) is 12.7 Å². The van der Waals surface area contributed by atoms with E-state index in [1.807, 2.05) is 4.90 Å². The van der Waals surface area contributed by atoms with Crippen LogP contribution in [-0.4, -0.2) is 49.4 Å². The molecule has 2 aliphatic rings. The molecule has 6 nitrogen and oxygen atoms in total. The molecule has 1 aliphatic heterocycles. The lowest BCUT2D eigenvalue weighted by atomic mass is 9.69. The maximum absolute atomic E-state index is 13.0. The van der Waals surface area contributed by atoms with Crippen LogP contribution in [0.2, 0.25) is 0 Å². The lowest BCUT2D eigenvalue weighted by Crippen LogP contribution is -2.60. The number of hydrogen-bond donors (Lipinski definition) is 1. The zero-order valence-corrected chi connectivity index (χ0v) is 16.5. The Morgan fingerprint density at radius 2 is 2.04 bits per heavy atom. The minimum atomic E-state index is -0.885. The molecule has 3 rings (SSSR count). The summed E-state index contributed by atoms with van der Waals surface area (Å²) in [5, 5.41) is 15.4. The smallest absolute Gasteiger partial charge is 0.225 e. The molecule has 2 fully saturated rings. The third-order valence-electron chi connectivity index (χ3n) is 6.68. The number of aliphatic hydroxyl groups is 1. The zero-order chi connectivity index (χ0) is 18.8. The van der Waals surface area contributed by atoms with Crippen LogP contribution in [-0.2, 0) is 11.3 Å². The van der Waals surface area contributed by atoms with Gasteiger partial charge in [-0.1, -0.05) is 52.9 Å². The van der Waals surface area contributed by atoms with Crippen LogP contribution in [0.4, 0.5) is 0 Å². The molecule has 2 atom stereocenters. The molecule has 1 aromatic heterocycles. The van der Waals surface area contributed by atoms with Gasteiger partial charge in [-0.3, -0.25) is 9.48 Å². The Morgan fingerprint density at radius 1 is 1.31 bits per heavy atom. The fraction of sp³-hybridized carbons (Fsp3) is 0.850. The van der Waals surface area contributed by atoms with Crippen molar-refractivity contribution in [1.29, 1.82) is 0 Å². The van der Waals surface area contributed by atoms with Gasteiger partial charge in [0.25, 0.3) is 0 Å². The van der Waals surface area contributed by atoms with Crippen molar-refractivity contribution in [3.63, 3.8) is 0 Å². The average Bonchev–Trinajstić information content (AvgIpc) is 3.10. The second kappa shape index (κ2) is 7.67. The third kappa shape index (κ3) is 4.11. The molecule has 0 bridgehead atoms. The molecular weight excluding hydrogens is 328 g/mol. The van der Waals surface area contributed by atoms with E-state index in [0.717, 1.165) is 6.42 Å². The second-order valence-corrected chi connectivity index (χ2v) is 9.16. The molecule has 26 heavy (non-hydrogen) atoms. The minimum absolute atomic E-state index is 0.0791. The Bertz CT molecular complexity index is 595. The summed E-state index contributed by atoms with van der Waals surface area (Å²) < 4.78 is 1.69. The number of carbonyl (C=O) groups is 1. The minimum Gasteiger partial charge on any atom is -0.387 e. The van der Waals surface area contributed by atoms with Gasteiger partial charge in [0.05, 0.1) is 12.1 Å². The standard InChI is InChI=1S/C20H34N4O2/c1-16(11-17-7-5-4-6-8-17)18(25)23-10-9-20(26,19(2,3)12-23)13-24-15-21-14-22-24/h14-17,26H,4-13H2,1-3H3/t16-,20?/m1/s1. The van der Waals surface area contributed by atoms with E-state index in [9.17, 15) is 9.90 Å². The predicted molar refractivity (Wildman–Crippen MR) is 100 cm³/mol. The molecular formula is C20H34N4O2. The molecule has 1 saturated heterocycles. The van der Waals surface area contributed by atoms with E-state index >= 15 is 0 Å². The van der Waals surface area contributed by atoms with Crippen LogP contribution in [0.25, 0.3) is 0 Å². The summed E-state index contributed by atoms with van der Waals surface area (Å²) in [6.45, 7) is 7.80. The summed E-state index contributed by atoms with van der Waals surface area (Å²) in [5.74, 6) is 1.05. The SMILES string of the molecule is C[C@H](CC1CCCCC1)C(=O)N1CCC(O)(Cn2cncn2)C(C)(C)C1. The first-order valence-electron chi connectivity index (χ1n) is 10.1. The summed E-state index contributed by atoms with van der Waals surface area (Å²) in [6, 6.07) is 0. The molecule has 0 aromatic carbocycles. The number of aromatic nitrogens is 3. The Kier molecular flexibility index (Phi) is 5.70. The Hall–Kier alpha value is -1.43. The topological polar surface area (TPSA) is 71.2 Å². The number of piperidine rings is 1. The molecule has 2 heterocycles. The zero-order valence-electron chi connectivity index (χ0n) is 16.5. The summed E-state index contributed by atoms with van der Waals surface area (Å²) in [6.07, 6.45) is 11.3. The second-order valence-electron chi connectivity index (χ2n) is 9.16. The molecule has 1 unspecified atom stereocenters. The van der Waals surface area contributed by atoms with Crippen molar-refractivity contribution in [3.05, 3.63) is 12.7 Å². The lowest BCUT2D eigenvalue weighted by Gasteiger charge is -2.50. The number of rotatable bonds is 5. The molecule has 146 valence electrons. The molecule has 0 spiro atoms. The first-order valence-corrected chi connectivity index (χ1v) is 10.1. The number of likely N-dealkylation sites (tertiary alicyclic amines) is 1. The van der Waals surface area contributed by atoms with Crippen LogP contribution >= 0.6 is 0 Å². The predicted octanol–water partition coefficient (Wildman–Crippen LogP) is 2.87. The van der Waals surface area contributed by atoms with E-state index in [0.29, 0.717) is 32.0 Å². The van der Waals surface area contributed by atoms with Gasteiger partial charge in [0.1, 0.15) is 12.7 Å². The number of hydrogen-bond acceptors (Lipinski definition) is 4. The lowest BCUT2D eigenvalue weighted by molar-refractivity contribution is -0.157. The number of amides is 1. The largest absolute Gasteiger partial charge is 0.387 e. The van der Waals surface area contributed by atoms with Gasteiger partial charge in [0, 0.05) is 24.4 Å². The normalized spacial score (nSPS) is 28.1. The van der Waals surface area contributed by atoms with Gasteiger partial charge in [0.15, 0.2) is 0 Å². The molecule has 1 N–H and O–H groups in total. The van der Waals surface area contributed by atoms with Crippen molar-refractivity contribution < 1.29 is 9.90 Å². The van der Waals surface area contributed by atoms with Crippen LogP contribution in [0.1, 0.15) is 65.7 Å². The van der Waals surface area contributed by atoms with Crippen LogP contribution < -0.4 is 0 Å². The van der Waals surface area contributed by atoms with Gasteiger partial charge < -0.3 is 10.0 Å². The highest BCUT2D eigenvalue weighted by molar-refractivity contribution is 5.78. The Labute approximate surface area is 157 Å². The first kappa shape index (κ1) is 19.3. The molecule has 1 amide bonds. The summed E-state index contributed by atoms with van der Waals surface area (Å²) in [5.41, 5.74) is -1.28. The van der Waals surface area contributed by atoms with E-state index < -0.39 is 11.0 Å². The monoisotopic (exact) mass is 362 g/mol. The van der Waals surface area contributed by atoms with E-state index in [4.69, 9.17) is 0 Å². The maximum Gasteiger partial charge on any atom is 0.225 e. The summed E-state index contributed by atoms with van der Waals surface area (Å²) >= 11 is 0. The highest BCUT2D eigenvalue weighted by Crippen LogP contribution is 2.40. The quantitative estimate of drug-likeness (QED) is 0.874. The van der Waals surface area contributed by atoms with Gasteiger partial charge in [-0.15, -0.1) is 0 Å². The molecule has 1 aliphatic carbocycles. The van der Waals surface area contributed by atoms with Gasteiger partial charge in [-0.05, 0) is 18.8 Å². The van der Waals surface area contributed by atoms with Gasteiger partial charge in [-0.2, -0.15) is 5.10 Å². The Morgan fingerprint density at radius 3 is 2.65 bits per heavy atom.